The average Bonchev–Trinajstić information content (AvgIpc) is 3.09. The highest BCUT2D eigenvalue weighted by Gasteiger charge is 2.16. The first-order valence-corrected chi connectivity index (χ1v) is 9.48. The molecule has 0 spiro atoms. The van der Waals surface area contributed by atoms with Crippen LogP contribution in [0, 0.1) is 11.3 Å². The van der Waals surface area contributed by atoms with E-state index in [1.165, 1.54) is 6.33 Å². The lowest BCUT2D eigenvalue weighted by Gasteiger charge is -2.07. The molecule has 0 N–H and O–H groups in total. The first-order chi connectivity index (χ1) is 13.7. The summed E-state index contributed by atoms with van der Waals surface area (Å²) < 4.78 is 8.56. The Balaban J connectivity index is 1.62. The highest BCUT2D eigenvalue weighted by molar-refractivity contribution is 9.10. The number of fused-ring (bicyclic) bond motifs is 2. The SMILES string of the molecule is N#CCCn1cc(C(=O)COc2ncnc3ccc(Br)cc23)c2ccccc21. The van der Waals surface area contributed by atoms with Crippen LogP contribution in [0.25, 0.3) is 21.8 Å². The third kappa shape index (κ3) is 3.47. The van der Waals surface area contributed by atoms with Crippen LogP contribution in [0.15, 0.2) is 59.5 Å². The number of ketones is 1. The van der Waals surface area contributed by atoms with Crippen molar-refractivity contribution in [2.75, 3.05) is 6.61 Å². The van der Waals surface area contributed by atoms with Crippen LogP contribution >= 0.6 is 15.9 Å². The second-order valence-corrected chi connectivity index (χ2v) is 7.13. The maximum atomic E-state index is 12.9. The predicted octanol–water partition coefficient (Wildman–Crippen LogP) is 4.52. The molecule has 138 valence electrons. The number of rotatable bonds is 6. The molecule has 2 heterocycles. The van der Waals surface area contributed by atoms with Crippen molar-refractivity contribution in [3.05, 3.63) is 65.0 Å². The molecule has 0 saturated heterocycles. The summed E-state index contributed by atoms with van der Waals surface area (Å²) in [4.78, 5) is 21.3. The summed E-state index contributed by atoms with van der Waals surface area (Å²) in [5, 5.41) is 10.5. The van der Waals surface area contributed by atoms with Crippen LogP contribution in [0.5, 0.6) is 5.88 Å². The van der Waals surface area contributed by atoms with E-state index in [0.717, 1.165) is 26.3 Å². The zero-order valence-corrected chi connectivity index (χ0v) is 16.4. The minimum atomic E-state index is -0.145. The van der Waals surface area contributed by atoms with Gasteiger partial charge in [-0.15, -0.1) is 0 Å². The molecule has 6 nitrogen and oxygen atoms in total. The number of hydrogen-bond donors (Lipinski definition) is 0. The lowest BCUT2D eigenvalue weighted by atomic mass is 10.1. The molecule has 4 aromatic rings. The number of nitriles is 1. The van der Waals surface area contributed by atoms with E-state index in [2.05, 4.69) is 32.0 Å². The monoisotopic (exact) mass is 434 g/mol. The van der Waals surface area contributed by atoms with Gasteiger partial charge in [-0.2, -0.15) is 5.26 Å². The Morgan fingerprint density at radius 3 is 2.89 bits per heavy atom. The predicted molar refractivity (Wildman–Crippen MR) is 109 cm³/mol. The van der Waals surface area contributed by atoms with Crippen LogP contribution in [0.2, 0.25) is 0 Å². The van der Waals surface area contributed by atoms with Gasteiger partial charge < -0.3 is 9.30 Å². The Labute approximate surface area is 169 Å². The molecule has 0 aliphatic rings. The Bertz CT molecular complexity index is 1230. The standard InChI is InChI=1S/C21H15BrN4O2/c22-14-6-7-18-16(10-14)21(25-13-24-18)28-12-20(27)17-11-26(9-3-8-23)19-5-2-1-4-15(17)19/h1-2,4-7,10-11,13H,3,9,12H2. The van der Waals surface area contributed by atoms with E-state index < -0.39 is 0 Å². The number of nitrogens with zero attached hydrogens (tertiary/aromatic N) is 4. The van der Waals surface area contributed by atoms with E-state index in [1.54, 1.807) is 6.20 Å². The van der Waals surface area contributed by atoms with Crippen LogP contribution < -0.4 is 4.74 Å². The quantitative estimate of drug-likeness (QED) is 0.416. The number of Topliss-reactive ketones (excluding diaryl/α,β-unsaturated/α-hetero) is 1. The van der Waals surface area contributed by atoms with Crippen LogP contribution in [0.3, 0.4) is 0 Å². The van der Waals surface area contributed by atoms with Crippen molar-refractivity contribution in [3.8, 4) is 11.9 Å². The van der Waals surface area contributed by atoms with Gasteiger partial charge in [0, 0.05) is 33.7 Å². The molecule has 4 rings (SSSR count). The van der Waals surface area contributed by atoms with E-state index in [4.69, 9.17) is 10.00 Å². The van der Waals surface area contributed by atoms with Gasteiger partial charge in [-0.05, 0) is 24.3 Å². The summed E-state index contributed by atoms with van der Waals surface area (Å²) >= 11 is 3.43. The van der Waals surface area contributed by atoms with Gasteiger partial charge in [0.25, 0.3) is 0 Å². The fraction of sp³-hybridized carbons (Fsp3) is 0.143. The van der Waals surface area contributed by atoms with Crippen molar-refractivity contribution in [3.63, 3.8) is 0 Å². The summed E-state index contributed by atoms with van der Waals surface area (Å²) in [6, 6.07) is 15.4. The van der Waals surface area contributed by atoms with Crippen molar-refractivity contribution < 1.29 is 9.53 Å². The van der Waals surface area contributed by atoms with Gasteiger partial charge in [-0.25, -0.2) is 9.97 Å². The molecule has 0 saturated carbocycles. The minimum Gasteiger partial charge on any atom is -0.469 e. The van der Waals surface area contributed by atoms with Gasteiger partial charge in [0.1, 0.15) is 6.33 Å². The lowest BCUT2D eigenvalue weighted by molar-refractivity contribution is 0.0920. The van der Waals surface area contributed by atoms with E-state index in [-0.39, 0.29) is 12.4 Å². The number of aromatic nitrogens is 3. The number of carbonyl (C=O) groups is 1. The second kappa shape index (κ2) is 7.79. The number of para-hydroxylation sites is 1. The summed E-state index contributed by atoms with van der Waals surface area (Å²) in [7, 11) is 0. The molecule has 0 aliphatic heterocycles. The van der Waals surface area contributed by atoms with E-state index >= 15 is 0 Å². The van der Waals surface area contributed by atoms with E-state index in [0.29, 0.717) is 24.4 Å². The fourth-order valence-electron chi connectivity index (χ4n) is 3.16. The number of ether oxygens (including phenoxy) is 1. The largest absolute Gasteiger partial charge is 0.469 e. The lowest BCUT2D eigenvalue weighted by Crippen LogP contribution is -2.12. The highest BCUT2D eigenvalue weighted by Crippen LogP contribution is 2.26. The minimum absolute atomic E-state index is 0.134. The molecule has 0 radical (unpaired) electrons. The Morgan fingerprint density at radius 2 is 2.04 bits per heavy atom. The van der Waals surface area contributed by atoms with Crippen molar-refractivity contribution in [1.82, 2.24) is 14.5 Å². The summed E-state index contributed by atoms with van der Waals surface area (Å²) in [5.41, 5.74) is 2.25. The molecule has 0 atom stereocenters. The molecule has 28 heavy (non-hydrogen) atoms. The van der Waals surface area contributed by atoms with Gasteiger partial charge in [0.15, 0.2) is 6.61 Å². The molecular formula is C21H15BrN4O2. The van der Waals surface area contributed by atoms with Gasteiger partial charge in [0.2, 0.25) is 11.7 Å². The molecular weight excluding hydrogens is 420 g/mol. The first kappa shape index (κ1) is 18.1. The van der Waals surface area contributed by atoms with Gasteiger partial charge in [0.05, 0.1) is 23.4 Å². The van der Waals surface area contributed by atoms with Crippen molar-refractivity contribution in [2.45, 2.75) is 13.0 Å². The van der Waals surface area contributed by atoms with Crippen LogP contribution in [-0.4, -0.2) is 26.9 Å². The Morgan fingerprint density at radius 1 is 1.18 bits per heavy atom. The molecule has 2 aromatic carbocycles. The van der Waals surface area contributed by atoms with Crippen molar-refractivity contribution >= 4 is 43.5 Å². The van der Waals surface area contributed by atoms with Gasteiger partial charge in [-0.1, -0.05) is 34.1 Å². The second-order valence-electron chi connectivity index (χ2n) is 6.21. The maximum absolute atomic E-state index is 12.9. The zero-order valence-electron chi connectivity index (χ0n) is 14.8. The summed E-state index contributed by atoms with van der Waals surface area (Å²) in [5.74, 6) is 0.224. The number of hydrogen-bond acceptors (Lipinski definition) is 5. The topological polar surface area (TPSA) is 80.8 Å². The summed E-state index contributed by atoms with van der Waals surface area (Å²) in [6.45, 7) is 0.403. The van der Waals surface area contributed by atoms with Gasteiger partial charge >= 0.3 is 0 Å². The zero-order chi connectivity index (χ0) is 19.5. The van der Waals surface area contributed by atoms with Crippen LogP contribution in [0.1, 0.15) is 16.8 Å². The molecule has 0 fully saturated rings. The average molecular weight is 435 g/mol. The van der Waals surface area contributed by atoms with Crippen molar-refractivity contribution in [2.24, 2.45) is 0 Å². The van der Waals surface area contributed by atoms with Crippen molar-refractivity contribution in [1.29, 1.82) is 5.26 Å². The van der Waals surface area contributed by atoms with E-state index in [9.17, 15) is 4.79 Å². The molecule has 0 bridgehead atoms. The third-order valence-electron chi connectivity index (χ3n) is 4.45. The molecule has 0 unspecified atom stereocenters. The van der Waals surface area contributed by atoms with Crippen LogP contribution in [0.4, 0.5) is 0 Å². The van der Waals surface area contributed by atoms with E-state index in [1.807, 2.05) is 47.0 Å². The normalized spacial score (nSPS) is 10.9. The Kier molecular flexibility index (Phi) is 5.04. The number of halogens is 1. The number of benzene rings is 2. The summed E-state index contributed by atoms with van der Waals surface area (Å²) in [6.07, 6.45) is 3.59. The number of carbonyl (C=O) groups excluding carboxylic acids is 1. The molecule has 0 aliphatic carbocycles. The third-order valence-corrected chi connectivity index (χ3v) is 4.95. The number of aryl methyl sites for hydroxylation is 1. The van der Waals surface area contributed by atoms with Gasteiger partial charge in [-0.3, -0.25) is 4.79 Å². The highest BCUT2D eigenvalue weighted by atomic mass is 79.9. The first-order valence-electron chi connectivity index (χ1n) is 8.68. The Hall–Kier alpha value is -3.24. The smallest absolute Gasteiger partial charge is 0.224 e. The fourth-order valence-corrected chi connectivity index (χ4v) is 3.52. The molecule has 2 aromatic heterocycles. The molecule has 7 heteroatoms. The maximum Gasteiger partial charge on any atom is 0.224 e. The molecule has 0 amide bonds. The van der Waals surface area contributed by atoms with Crippen LogP contribution in [-0.2, 0) is 6.54 Å².